The van der Waals surface area contributed by atoms with Crippen LogP contribution in [-0.2, 0) is 4.79 Å². The van der Waals surface area contributed by atoms with Gasteiger partial charge in [-0.2, -0.15) is 0 Å². The first-order valence-electron chi connectivity index (χ1n) is 2.78. The molecule has 0 fully saturated rings. The van der Waals surface area contributed by atoms with Gasteiger partial charge in [-0.3, -0.25) is 0 Å². The standard InChI is InChI=1S/C6H12O2Si/c1-4(5(7)8)6(2,3)9/h1H2,2-3,9H3,(H,7,8). The van der Waals surface area contributed by atoms with Crippen LogP contribution in [-0.4, -0.2) is 21.3 Å². The van der Waals surface area contributed by atoms with Crippen molar-refractivity contribution in [3.05, 3.63) is 12.2 Å². The second kappa shape index (κ2) is 2.35. The second-order valence-corrected chi connectivity index (χ2v) is 5.53. The molecular formula is C6H12O2Si. The van der Waals surface area contributed by atoms with Gasteiger partial charge >= 0.3 is 5.97 Å². The average Bonchev–Trinajstić information content (AvgIpc) is 1.62. The Labute approximate surface area is 58.0 Å². The van der Waals surface area contributed by atoms with Crippen molar-refractivity contribution < 1.29 is 9.90 Å². The predicted molar refractivity (Wildman–Crippen MR) is 40.8 cm³/mol. The van der Waals surface area contributed by atoms with E-state index in [1.807, 2.05) is 13.8 Å². The number of carboxylic acids is 1. The molecule has 0 amide bonds. The smallest absolute Gasteiger partial charge is 0.331 e. The molecule has 0 radical (unpaired) electrons. The molecule has 0 aromatic heterocycles. The highest BCUT2D eigenvalue weighted by atomic mass is 28.1. The molecule has 0 aliphatic rings. The quantitative estimate of drug-likeness (QED) is 0.444. The molecule has 0 aromatic carbocycles. The second-order valence-electron chi connectivity index (χ2n) is 3.03. The van der Waals surface area contributed by atoms with Gasteiger partial charge in [0.2, 0.25) is 0 Å². The molecule has 0 aliphatic carbocycles. The van der Waals surface area contributed by atoms with Crippen LogP contribution in [0.2, 0.25) is 5.04 Å². The number of rotatable bonds is 2. The van der Waals surface area contributed by atoms with Crippen molar-refractivity contribution in [2.45, 2.75) is 18.9 Å². The zero-order chi connectivity index (χ0) is 7.65. The summed E-state index contributed by atoms with van der Waals surface area (Å²) in [6.45, 7) is 7.23. The van der Waals surface area contributed by atoms with Crippen molar-refractivity contribution in [2.75, 3.05) is 0 Å². The molecule has 0 aliphatic heterocycles. The zero-order valence-corrected chi connectivity index (χ0v) is 8.06. The summed E-state index contributed by atoms with van der Waals surface area (Å²) in [5, 5.41) is 8.27. The van der Waals surface area contributed by atoms with Gasteiger partial charge in [0, 0.05) is 15.8 Å². The summed E-state index contributed by atoms with van der Waals surface area (Å²) < 4.78 is 0. The highest BCUT2D eigenvalue weighted by Gasteiger charge is 2.20. The topological polar surface area (TPSA) is 37.3 Å². The highest BCUT2D eigenvalue weighted by Crippen LogP contribution is 2.27. The first-order valence-corrected chi connectivity index (χ1v) is 3.78. The molecule has 0 saturated carbocycles. The molecule has 52 valence electrons. The lowest BCUT2D eigenvalue weighted by molar-refractivity contribution is -0.133. The van der Waals surface area contributed by atoms with Crippen LogP contribution in [0, 0.1) is 0 Å². The lowest BCUT2D eigenvalue weighted by Gasteiger charge is -2.17. The summed E-state index contributed by atoms with van der Waals surface area (Å²) in [6.07, 6.45) is 0. The van der Waals surface area contributed by atoms with E-state index in [0.29, 0.717) is 5.57 Å². The SMILES string of the molecule is C=C(C(=O)O)C(C)(C)[SiH3]. The number of carbonyl (C=O) groups is 1. The van der Waals surface area contributed by atoms with Gasteiger partial charge in [0.1, 0.15) is 0 Å². The van der Waals surface area contributed by atoms with Crippen LogP contribution >= 0.6 is 0 Å². The molecule has 0 unspecified atom stereocenters. The van der Waals surface area contributed by atoms with Crippen LogP contribution in [0.1, 0.15) is 13.8 Å². The van der Waals surface area contributed by atoms with Crippen LogP contribution in [0.25, 0.3) is 0 Å². The lowest BCUT2D eigenvalue weighted by Crippen LogP contribution is -2.13. The fourth-order valence-electron chi connectivity index (χ4n) is 0.321. The van der Waals surface area contributed by atoms with E-state index in [1.165, 1.54) is 0 Å². The van der Waals surface area contributed by atoms with Crippen molar-refractivity contribution >= 4 is 16.2 Å². The summed E-state index contributed by atoms with van der Waals surface area (Å²) in [5.74, 6) is -0.880. The molecule has 0 heterocycles. The third-order valence-electron chi connectivity index (χ3n) is 1.16. The van der Waals surface area contributed by atoms with Crippen molar-refractivity contribution in [2.24, 2.45) is 0 Å². The van der Waals surface area contributed by atoms with Gasteiger partial charge in [0.05, 0.1) is 0 Å². The van der Waals surface area contributed by atoms with E-state index in [9.17, 15) is 4.79 Å². The third-order valence-corrected chi connectivity index (χ3v) is 1.77. The average molecular weight is 144 g/mol. The normalized spacial score (nSPS) is 11.3. The molecule has 0 aromatic rings. The first-order chi connectivity index (χ1) is 3.85. The largest absolute Gasteiger partial charge is 0.478 e. The highest BCUT2D eigenvalue weighted by molar-refractivity contribution is 6.20. The first kappa shape index (κ1) is 8.43. The zero-order valence-electron chi connectivity index (χ0n) is 6.06. The van der Waals surface area contributed by atoms with E-state index in [4.69, 9.17) is 5.11 Å². The van der Waals surface area contributed by atoms with Crippen LogP contribution in [0.5, 0.6) is 0 Å². The molecule has 3 heteroatoms. The van der Waals surface area contributed by atoms with Gasteiger partial charge in [0.15, 0.2) is 0 Å². The number of hydrogen-bond donors (Lipinski definition) is 1. The molecule has 0 bridgehead atoms. The maximum absolute atomic E-state index is 10.3. The van der Waals surface area contributed by atoms with Crippen LogP contribution in [0.15, 0.2) is 12.2 Å². The Bertz CT molecular complexity index is 144. The lowest BCUT2D eigenvalue weighted by atomic mass is 10.0. The molecule has 0 spiro atoms. The molecule has 0 atom stereocenters. The minimum Gasteiger partial charge on any atom is -0.478 e. The maximum Gasteiger partial charge on any atom is 0.331 e. The fourth-order valence-corrected chi connectivity index (χ4v) is 0.535. The number of aliphatic carboxylic acids is 1. The predicted octanol–water partition coefficient (Wildman–Crippen LogP) is 0.191. The Balaban J connectivity index is 4.23. The van der Waals surface area contributed by atoms with Gasteiger partial charge < -0.3 is 5.11 Å². The monoisotopic (exact) mass is 144 g/mol. The van der Waals surface area contributed by atoms with Crippen molar-refractivity contribution in [3.8, 4) is 0 Å². The minimum atomic E-state index is -0.880. The van der Waals surface area contributed by atoms with Crippen molar-refractivity contribution in [1.82, 2.24) is 0 Å². The molecule has 2 nitrogen and oxygen atoms in total. The number of carboxylic acid groups (broad SMARTS) is 1. The van der Waals surface area contributed by atoms with Crippen LogP contribution in [0.4, 0.5) is 0 Å². The van der Waals surface area contributed by atoms with Gasteiger partial charge in [-0.05, 0) is 5.04 Å². The van der Waals surface area contributed by atoms with Gasteiger partial charge in [-0.1, -0.05) is 20.4 Å². The van der Waals surface area contributed by atoms with E-state index in [2.05, 4.69) is 6.58 Å². The third kappa shape index (κ3) is 2.46. The number of hydrogen-bond acceptors (Lipinski definition) is 1. The van der Waals surface area contributed by atoms with E-state index in [1.54, 1.807) is 0 Å². The Kier molecular flexibility index (Phi) is 2.20. The molecular weight excluding hydrogens is 132 g/mol. The van der Waals surface area contributed by atoms with Gasteiger partial charge in [0.25, 0.3) is 0 Å². The van der Waals surface area contributed by atoms with Gasteiger partial charge in [-0.15, -0.1) is 0 Å². The fraction of sp³-hybridized carbons (Fsp3) is 0.500. The Morgan fingerprint density at radius 1 is 1.67 bits per heavy atom. The van der Waals surface area contributed by atoms with Crippen molar-refractivity contribution in [1.29, 1.82) is 0 Å². The summed E-state index contributed by atoms with van der Waals surface area (Å²) >= 11 is 0. The Morgan fingerprint density at radius 3 is 2.00 bits per heavy atom. The molecule has 9 heavy (non-hydrogen) atoms. The maximum atomic E-state index is 10.3. The van der Waals surface area contributed by atoms with Crippen LogP contribution < -0.4 is 0 Å². The van der Waals surface area contributed by atoms with E-state index < -0.39 is 5.97 Å². The van der Waals surface area contributed by atoms with Gasteiger partial charge in [-0.25, -0.2) is 4.79 Å². The van der Waals surface area contributed by atoms with E-state index in [-0.39, 0.29) is 5.04 Å². The van der Waals surface area contributed by atoms with E-state index >= 15 is 0 Å². The molecule has 1 N–H and O–H groups in total. The minimum absolute atomic E-state index is 0.175. The van der Waals surface area contributed by atoms with Crippen molar-refractivity contribution in [3.63, 3.8) is 0 Å². The summed E-state index contributed by atoms with van der Waals surface area (Å²) in [6, 6.07) is 0. The van der Waals surface area contributed by atoms with Crippen LogP contribution in [0.3, 0.4) is 0 Å². The molecule has 0 rings (SSSR count). The van der Waals surface area contributed by atoms with E-state index in [0.717, 1.165) is 10.2 Å². The summed E-state index contributed by atoms with van der Waals surface area (Å²) in [4.78, 5) is 10.3. The summed E-state index contributed by atoms with van der Waals surface area (Å²) in [5.41, 5.74) is 0.314. The summed E-state index contributed by atoms with van der Waals surface area (Å²) in [7, 11) is 0.829. The Morgan fingerprint density at radius 2 is 2.00 bits per heavy atom. The Hall–Kier alpha value is -0.573. The molecule has 0 saturated heterocycles.